The molecule has 6 N–H and O–H groups in total. The molecular weight excluding hydrogens is 488 g/mol. The summed E-state index contributed by atoms with van der Waals surface area (Å²) in [6, 6.07) is 5.97. The largest absolute Gasteiger partial charge is 0.430 e. The summed E-state index contributed by atoms with van der Waals surface area (Å²) in [5.41, 5.74) is 14.5. The van der Waals surface area contributed by atoms with E-state index >= 15 is 0 Å². The van der Waals surface area contributed by atoms with Crippen molar-refractivity contribution in [3.8, 4) is 23.4 Å². The molecule has 0 spiro atoms. The third-order valence-corrected chi connectivity index (χ3v) is 5.73. The number of nitrogens with two attached hydrogens (primary N) is 3. The summed E-state index contributed by atoms with van der Waals surface area (Å²) >= 11 is 4.90. The number of hydrogen-bond donors (Lipinski definition) is 3. The van der Waals surface area contributed by atoms with Crippen LogP contribution in [0.2, 0.25) is 0 Å². The van der Waals surface area contributed by atoms with E-state index in [2.05, 4.69) is 52.7 Å². The topological polar surface area (TPSA) is 116 Å². The number of nitrogen functional groups attached to an aromatic ring is 1. The first-order chi connectivity index (χ1) is 15.1. The molecule has 0 aliphatic rings. The smallest absolute Gasteiger partial charge is 0.279 e. The average Bonchev–Trinajstić information content (AvgIpc) is 3.19. The van der Waals surface area contributed by atoms with Crippen LogP contribution in [0.3, 0.4) is 0 Å². The van der Waals surface area contributed by atoms with Gasteiger partial charge in [-0.2, -0.15) is 0 Å². The minimum atomic E-state index is 0.0931. The predicted molar refractivity (Wildman–Crippen MR) is 140 cm³/mol. The first-order valence-corrected chi connectivity index (χ1v) is 11.8. The third kappa shape index (κ3) is 8.63. The molecular formula is C23H33BrN6OS. The number of terminal acetylenes is 1. The van der Waals surface area contributed by atoms with Gasteiger partial charge in [-0.3, -0.25) is 5.84 Å². The number of rotatable bonds is 8. The standard InChI is InChI=1S/C21H27BrN6OS.C2H6/c1-5-26-9-8-14(10-23)17-11-27-20(30-17)29-16-7-6-15(19(24)18(16)22)12-28(25)13-21(2,3)4;1-2/h1,6-7,9-11H,8,12-13,23-25H2,2-4H3;1-2H3/b14-10+,26-9?;. The molecule has 0 fully saturated rings. The second-order valence-corrected chi connectivity index (χ2v) is 9.63. The van der Waals surface area contributed by atoms with Crippen LogP contribution in [-0.2, 0) is 6.54 Å². The lowest BCUT2D eigenvalue weighted by molar-refractivity contribution is 0.188. The highest BCUT2D eigenvalue weighted by Gasteiger charge is 2.17. The van der Waals surface area contributed by atoms with Gasteiger partial charge in [0.2, 0.25) is 0 Å². The Morgan fingerprint density at radius 2 is 2.06 bits per heavy atom. The molecule has 0 aliphatic heterocycles. The van der Waals surface area contributed by atoms with Gasteiger partial charge in [-0.05, 0) is 44.7 Å². The Kier molecular flexibility index (Phi) is 11.4. The zero-order valence-electron chi connectivity index (χ0n) is 19.4. The normalized spacial score (nSPS) is 11.9. The van der Waals surface area contributed by atoms with Gasteiger partial charge < -0.3 is 16.2 Å². The van der Waals surface area contributed by atoms with Crippen LogP contribution in [-0.4, -0.2) is 22.8 Å². The van der Waals surface area contributed by atoms with Gasteiger partial charge in [0.25, 0.3) is 5.19 Å². The van der Waals surface area contributed by atoms with E-state index in [0.717, 1.165) is 22.6 Å². The number of ether oxygens (including phenoxy) is 1. The predicted octanol–water partition coefficient (Wildman–Crippen LogP) is 5.38. The summed E-state index contributed by atoms with van der Waals surface area (Å²) in [4.78, 5) is 8.94. The molecule has 0 unspecified atom stereocenters. The van der Waals surface area contributed by atoms with Crippen LogP contribution in [0.4, 0.5) is 5.69 Å². The van der Waals surface area contributed by atoms with Gasteiger partial charge in [-0.25, -0.2) is 15.0 Å². The van der Waals surface area contributed by atoms with Crippen molar-refractivity contribution in [2.75, 3.05) is 12.3 Å². The minimum Gasteiger partial charge on any atom is -0.430 e. The lowest BCUT2D eigenvalue weighted by atomic mass is 9.96. The number of aliphatic imine (C=N–C) groups is 1. The highest BCUT2D eigenvalue weighted by atomic mass is 79.9. The molecule has 0 radical (unpaired) electrons. The second kappa shape index (κ2) is 13.2. The van der Waals surface area contributed by atoms with Crippen molar-refractivity contribution < 1.29 is 4.74 Å². The SMILES string of the molecule is C#CN=CC/C(=C\N)c1cnc(Oc2ccc(CN(N)CC(C)(C)C)c(N)c2Br)s1.CC. The highest BCUT2D eigenvalue weighted by Crippen LogP contribution is 2.38. The Morgan fingerprint density at radius 3 is 2.66 bits per heavy atom. The van der Waals surface area contributed by atoms with Gasteiger partial charge in [0.1, 0.15) is 5.75 Å². The summed E-state index contributed by atoms with van der Waals surface area (Å²) in [6.07, 6.45) is 10.5. The molecule has 7 nitrogen and oxygen atoms in total. The maximum absolute atomic E-state index is 6.31. The summed E-state index contributed by atoms with van der Waals surface area (Å²) in [5.74, 6) is 6.72. The monoisotopic (exact) mass is 520 g/mol. The Bertz CT molecular complexity index is 972. The van der Waals surface area contributed by atoms with Crippen LogP contribution >= 0.6 is 27.3 Å². The van der Waals surface area contributed by atoms with Gasteiger partial charge in [0, 0.05) is 38.0 Å². The van der Waals surface area contributed by atoms with Crippen molar-refractivity contribution in [1.82, 2.24) is 9.99 Å². The van der Waals surface area contributed by atoms with Crippen molar-refractivity contribution in [3.05, 3.63) is 39.4 Å². The van der Waals surface area contributed by atoms with Gasteiger partial charge in [0.05, 0.1) is 15.0 Å². The average molecular weight is 522 g/mol. The maximum Gasteiger partial charge on any atom is 0.279 e. The molecule has 1 aromatic heterocycles. The minimum absolute atomic E-state index is 0.0931. The van der Waals surface area contributed by atoms with Gasteiger partial charge in [0.15, 0.2) is 0 Å². The quantitative estimate of drug-likeness (QED) is 0.141. The summed E-state index contributed by atoms with van der Waals surface area (Å²) in [7, 11) is 0. The van der Waals surface area contributed by atoms with Crippen molar-refractivity contribution in [3.63, 3.8) is 0 Å². The number of anilines is 1. The summed E-state index contributed by atoms with van der Waals surface area (Å²) < 4.78 is 6.60. The van der Waals surface area contributed by atoms with E-state index in [1.54, 1.807) is 17.4 Å². The lowest BCUT2D eigenvalue weighted by Gasteiger charge is -2.26. The molecule has 9 heteroatoms. The molecule has 0 atom stereocenters. The number of thiazole rings is 1. The van der Waals surface area contributed by atoms with Crippen molar-refractivity contribution in [1.29, 1.82) is 0 Å². The zero-order chi connectivity index (χ0) is 24.3. The number of halogens is 1. The number of aromatic nitrogens is 1. The number of benzene rings is 1. The van der Waals surface area contributed by atoms with E-state index in [1.807, 2.05) is 26.0 Å². The van der Waals surface area contributed by atoms with Crippen molar-refractivity contribution >= 4 is 44.7 Å². The van der Waals surface area contributed by atoms with Crippen molar-refractivity contribution in [2.24, 2.45) is 22.0 Å². The molecule has 2 aromatic rings. The number of allylic oxidation sites excluding steroid dienone is 1. The Balaban J connectivity index is 0.00000249. The fourth-order valence-electron chi connectivity index (χ4n) is 2.71. The molecule has 0 saturated carbocycles. The van der Waals surface area contributed by atoms with Crippen LogP contribution in [0.5, 0.6) is 10.9 Å². The maximum atomic E-state index is 6.31. The van der Waals surface area contributed by atoms with E-state index in [9.17, 15) is 0 Å². The summed E-state index contributed by atoms with van der Waals surface area (Å²) in [6.45, 7) is 11.7. The molecule has 32 heavy (non-hydrogen) atoms. The summed E-state index contributed by atoms with van der Waals surface area (Å²) in [5, 5.41) is 2.23. The van der Waals surface area contributed by atoms with E-state index in [4.69, 9.17) is 28.5 Å². The van der Waals surface area contributed by atoms with Crippen LogP contribution in [0.15, 0.2) is 34.0 Å². The molecule has 0 bridgehead atoms. The molecule has 1 aromatic carbocycles. The van der Waals surface area contributed by atoms with E-state index in [1.165, 1.54) is 17.5 Å². The Morgan fingerprint density at radius 1 is 1.38 bits per heavy atom. The first kappa shape index (κ1) is 27.7. The number of nitrogens with zero attached hydrogens (tertiary/aromatic N) is 3. The fraction of sp³-hybridized carbons (Fsp3) is 0.391. The van der Waals surface area contributed by atoms with Gasteiger partial charge >= 0.3 is 0 Å². The van der Waals surface area contributed by atoms with Crippen LogP contribution in [0.25, 0.3) is 5.57 Å². The Hall–Kier alpha value is -2.38. The molecule has 2 rings (SSSR count). The van der Waals surface area contributed by atoms with Crippen LogP contribution in [0.1, 0.15) is 51.5 Å². The first-order valence-electron chi connectivity index (χ1n) is 10.2. The van der Waals surface area contributed by atoms with E-state index < -0.39 is 0 Å². The molecule has 0 saturated heterocycles. The lowest BCUT2D eigenvalue weighted by Crippen LogP contribution is -2.37. The van der Waals surface area contributed by atoms with Crippen molar-refractivity contribution in [2.45, 2.75) is 47.6 Å². The van der Waals surface area contributed by atoms with E-state index in [0.29, 0.717) is 34.1 Å². The molecule has 174 valence electrons. The van der Waals surface area contributed by atoms with Crippen LogP contribution in [0, 0.1) is 17.9 Å². The molecule has 0 amide bonds. The molecule has 0 aliphatic carbocycles. The highest BCUT2D eigenvalue weighted by molar-refractivity contribution is 9.10. The fourth-order valence-corrected chi connectivity index (χ4v) is 3.99. The molecule has 1 heterocycles. The van der Waals surface area contributed by atoms with Crippen LogP contribution < -0.4 is 22.0 Å². The Labute approximate surface area is 203 Å². The second-order valence-electron chi connectivity index (χ2n) is 7.85. The van der Waals surface area contributed by atoms with Gasteiger partial charge in [-0.15, -0.1) is 0 Å². The number of hydrazine groups is 1. The third-order valence-electron chi connectivity index (χ3n) is 3.96. The van der Waals surface area contributed by atoms with Gasteiger partial charge in [-0.1, -0.05) is 58.4 Å². The van der Waals surface area contributed by atoms with E-state index in [-0.39, 0.29) is 5.41 Å². The number of hydrogen-bond acceptors (Lipinski definition) is 8. The zero-order valence-corrected chi connectivity index (χ0v) is 21.8.